The highest BCUT2D eigenvalue weighted by atomic mass is 32.1. The summed E-state index contributed by atoms with van der Waals surface area (Å²) in [4.78, 5) is 32.9. The van der Waals surface area contributed by atoms with Gasteiger partial charge >= 0.3 is 0 Å². The average molecular weight is 450 g/mol. The fraction of sp³-hybridized carbons (Fsp3) is 0.375. The molecular formula is C24H27N5O2S. The fourth-order valence-corrected chi connectivity index (χ4v) is 4.52. The van der Waals surface area contributed by atoms with Crippen molar-refractivity contribution < 1.29 is 9.59 Å². The van der Waals surface area contributed by atoms with Crippen molar-refractivity contribution in [1.82, 2.24) is 19.9 Å². The van der Waals surface area contributed by atoms with Crippen molar-refractivity contribution in [2.75, 3.05) is 4.90 Å². The van der Waals surface area contributed by atoms with Crippen molar-refractivity contribution in [1.29, 1.82) is 0 Å². The standard InChI is InChI=1S/C24H27N5O2S/c1-16(2)17-9-11-20(12-10-17)29(24(31)21-15-32-28-27-21)22(18-6-5-13-25-14-18)23(30)26-19-7-3-4-8-19/h5-6,9-16,19,22H,3-4,7-8H2,1-2H3,(H,26,30)/t22-/m0/s1. The number of benzene rings is 1. The Morgan fingerprint density at radius 2 is 1.84 bits per heavy atom. The maximum Gasteiger partial charge on any atom is 0.280 e. The summed E-state index contributed by atoms with van der Waals surface area (Å²) in [6.07, 6.45) is 7.42. The molecular weight excluding hydrogens is 422 g/mol. The Morgan fingerprint density at radius 1 is 1.09 bits per heavy atom. The van der Waals surface area contributed by atoms with Gasteiger partial charge in [-0.2, -0.15) is 0 Å². The minimum absolute atomic E-state index is 0.128. The number of aromatic nitrogens is 3. The molecule has 1 N–H and O–H groups in total. The summed E-state index contributed by atoms with van der Waals surface area (Å²) in [6, 6.07) is 10.6. The molecule has 1 aliphatic carbocycles. The van der Waals surface area contributed by atoms with Crippen molar-refractivity contribution >= 4 is 29.0 Å². The molecule has 0 spiro atoms. The Bertz CT molecular complexity index is 1030. The molecule has 2 aromatic heterocycles. The van der Waals surface area contributed by atoms with E-state index >= 15 is 0 Å². The Hall–Kier alpha value is -3.13. The lowest BCUT2D eigenvalue weighted by Gasteiger charge is -2.31. The van der Waals surface area contributed by atoms with Gasteiger partial charge in [-0.1, -0.05) is 49.4 Å². The zero-order valence-corrected chi connectivity index (χ0v) is 19.1. The van der Waals surface area contributed by atoms with Crippen LogP contribution in [0.5, 0.6) is 0 Å². The van der Waals surface area contributed by atoms with E-state index in [9.17, 15) is 9.59 Å². The zero-order valence-electron chi connectivity index (χ0n) is 18.3. The lowest BCUT2D eigenvalue weighted by atomic mass is 10.0. The van der Waals surface area contributed by atoms with Gasteiger partial charge in [0.25, 0.3) is 5.91 Å². The van der Waals surface area contributed by atoms with Crippen molar-refractivity contribution in [3.8, 4) is 0 Å². The molecule has 1 fully saturated rings. The second kappa shape index (κ2) is 9.99. The lowest BCUT2D eigenvalue weighted by Crippen LogP contribution is -2.46. The number of nitrogens with zero attached hydrogens (tertiary/aromatic N) is 4. The summed E-state index contributed by atoms with van der Waals surface area (Å²) in [5, 5.41) is 8.74. The van der Waals surface area contributed by atoms with Gasteiger partial charge in [0.2, 0.25) is 5.91 Å². The van der Waals surface area contributed by atoms with Crippen molar-refractivity contribution in [2.24, 2.45) is 0 Å². The molecule has 0 aliphatic heterocycles. The Kier molecular flexibility index (Phi) is 6.90. The van der Waals surface area contributed by atoms with Crippen LogP contribution in [0.15, 0.2) is 54.2 Å². The predicted molar refractivity (Wildman–Crippen MR) is 125 cm³/mol. The first-order chi connectivity index (χ1) is 15.5. The van der Waals surface area contributed by atoms with Gasteiger partial charge < -0.3 is 5.32 Å². The molecule has 2 heterocycles. The monoisotopic (exact) mass is 449 g/mol. The Balaban J connectivity index is 1.78. The van der Waals surface area contributed by atoms with Gasteiger partial charge in [0.05, 0.1) is 0 Å². The number of rotatable bonds is 7. The fourth-order valence-electron chi connectivity index (χ4n) is 4.09. The summed E-state index contributed by atoms with van der Waals surface area (Å²) < 4.78 is 3.85. The van der Waals surface area contributed by atoms with Crippen LogP contribution in [0.1, 0.15) is 73.1 Å². The summed E-state index contributed by atoms with van der Waals surface area (Å²) in [6.45, 7) is 4.23. The summed E-state index contributed by atoms with van der Waals surface area (Å²) in [7, 11) is 0. The first kappa shape index (κ1) is 22.1. The highest BCUT2D eigenvalue weighted by molar-refractivity contribution is 7.03. The smallest absolute Gasteiger partial charge is 0.280 e. The van der Waals surface area contributed by atoms with Crippen LogP contribution in [0.4, 0.5) is 5.69 Å². The quantitative estimate of drug-likeness (QED) is 0.574. The summed E-state index contributed by atoms with van der Waals surface area (Å²) >= 11 is 1.11. The number of pyridine rings is 1. The van der Waals surface area contributed by atoms with E-state index in [1.807, 2.05) is 30.3 Å². The van der Waals surface area contributed by atoms with Crippen LogP contribution in [0.3, 0.4) is 0 Å². The van der Waals surface area contributed by atoms with E-state index < -0.39 is 6.04 Å². The number of anilines is 1. The Labute approximate surface area is 192 Å². The van der Waals surface area contributed by atoms with Crippen molar-refractivity contribution in [3.63, 3.8) is 0 Å². The van der Waals surface area contributed by atoms with Crippen molar-refractivity contribution in [3.05, 3.63) is 71.0 Å². The van der Waals surface area contributed by atoms with E-state index in [1.165, 1.54) is 4.90 Å². The third kappa shape index (κ3) is 4.85. The van der Waals surface area contributed by atoms with E-state index in [0.29, 0.717) is 17.2 Å². The van der Waals surface area contributed by atoms with Gasteiger partial charge in [0, 0.05) is 35.1 Å². The van der Waals surface area contributed by atoms with Crippen LogP contribution in [0.25, 0.3) is 0 Å². The molecule has 0 bridgehead atoms. The number of carbonyl (C=O) groups is 2. The lowest BCUT2D eigenvalue weighted by molar-refractivity contribution is -0.123. The minimum atomic E-state index is -0.872. The highest BCUT2D eigenvalue weighted by Crippen LogP contribution is 2.31. The first-order valence-corrected chi connectivity index (χ1v) is 11.8. The van der Waals surface area contributed by atoms with Gasteiger partial charge in [0.15, 0.2) is 5.69 Å². The molecule has 1 aromatic carbocycles. The summed E-state index contributed by atoms with van der Waals surface area (Å²) in [5.41, 5.74) is 2.64. The normalized spacial score (nSPS) is 15.0. The largest absolute Gasteiger partial charge is 0.351 e. The highest BCUT2D eigenvalue weighted by Gasteiger charge is 2.35. The molecule has 3 aromatic rings. The Morgan fingerprint density at radius 3 is 2.44 bits per heavy atom. The van der Waals surface area contributed by atoms with E-state index in [1.54, 1.807) is 23.8 Å². The number of amides is 2. The maximum absolute atomic E-state index is 13.6. The topological polar surface area (TPSA) is 88.1 Å². The van der Waals surface area contributed by atoms with Crippen molar-refractivity contribution in [2.45, 2.75) is 57.5 Å². The number of nitrogens with one attached hydrogen (secondary N) is 1. The third-order valence-electron chi connectivity index (χ3n) is 5.84. The SMILES string of the molecule is CC(C)c1ccc(N(C(=O)c2csnn2)[C@H](C(=O)NC2CCCC2)c2cccnc2)cc1. The van der Waals surface area contributed by atoms with E-state index in [-0.39, 0.29) is 23.6 Å². The number of carbonyl (C=O) groups excluding carboxylic acids is 2. The molecule has 2 amide bonds. The average Bonchev–Trinajstić information content (AvgIpc) is 3.52. The van der Waals surface area contributed by atoms with Crippen LogP contribution < -0.4 is 10.2 Å². The van der Waals surface area contributed by atoms with E-state index in [0.717, 1.165) is 42.8 Å². The molecule has 0 radical (unpaired) electrons. The van der Waals surface area contributed by atoms with Gasteiger partial charge in [-0.05, 0) is 54.1 Å². The van der Waals surface area contributed by atoms with Crippen LogP contribution in [0, 0.1) is 0 Å². The van der Waals surface area contributed by atoms with Crippen LogP contribution in [-0.4, -0.2) is 32.4 Å². The molecule has 0 saturated heterocycles. The first-order valence-electron chi connectivity index (χ1n) is 11.0. The molecule has 7 nitrogen and oxygen atoms in total. The van der Waals surface area contributed by atoms with E-state index in [2.05, 4.69) is 33.7 Å². The van der Waals surface area contributed by atoms with Gasteiger partial charge in [-0.25, -0.2) is 0 Å². The van der Waals surface area contributed by atoms with Gasteiger partial charge in [0.1, 0.15) is 6.04 Å². The van der Waals surface area contributed by atoms with Crippen LogP contribution in [-0.2, 0) is 4.79 Å². The molecule has 0 unspecified atom stereocenters. The minimum Gasteiger partial charge on any atom is -0.351 e. The van der Waals surface area contributed by atoms with Gasteiger partial charge in [-0.15, -0.1) is 5.10 Å². The second-order valence-corrected chi connectivity index (χ2v) is 9.00. The maximum atomic E-state index is 13.6. The predicted octanol–water partition coefficient (Wildman–Crippen LogP) is 4.50. The summed E-state index contributed by atoms with van der Waals surface area (Å²) in [5.74, 6) is -0.225. The molecule has 166 valence electrons. The molecule has 1 aliphatic rings. The van der Waals surface area contributed by atoms with E-state index in [4.69, 9.17) is 0 Å². The molecule has 4 rings (SSSR count). The molecule has 32 heavy (non-hydrogen) atoms. The second-order valence-electron chi connectivity index (χ2n) is 8.39. The molecule has 1 atom stereocenters. The number of hydrogen-bond acceptors (Lipinski definition) is 6. The van der Waals surface area contributed by atoms with Crippen LogP contribution in [0.2, 0.25) is 0 Å². The zero-order chi connectivity index (χ0) is 22.5. The third-order valence-corrected chi connectivity index (χ3v) is 6.35. The van der Waals surface area contributed by atoms with Gasteiger partial charge in [-0.3, -0.25) is 19.5 Å². The van der Waals surface area contributed by atoms with Crippen LogP contribution >= 0.6 is 11.5 Å². The molecule has 8 heteroatoms. The molecule has 1 saturated carbocycles. The number of hydrogen-bond donors (Lipinski definition) is 1.